The maximum atomic E-state index is 14.0. The van der Waals surface area contributed by atoms with Gasteiger partial charge in [0.1, 0.15) is 5.82 Å². The summed E-state index contributed by atoms with van der Waals surface area (Å²) in [5.41, 5.74) is 2.39. The molecule has 0 atom stereocenters. The Balaban J connectivity index is 1.48. The van der Waals surface area contributed by atoms with Crippen molar-refractivity contribution in [2.45, 2.75) is 24.9 Å². The number of amides is 1. The van der Waals surface area contributed by atoms with Crippen molar-refractivity contribution in [2.24, 2.45) is 0 Å². The fraction of sp³-hybridized carbons (Fsp3) is 0.240. The van der Waals surface area contributed by atoms with Crippen LogP contribution in [0, 0.1) is 12.4 Å². The highest BCUT2D eigenvalue weighted by Crippen LogP contribution is 2.30. The van der Waals surface area contributed by atoms with Gasteiger partial charge in [-0.25, -0.2) is 9.24 Å². The minimum atomic E-state index is -0.910. The molecule has 0 spiro atoms. The molecule has 2 heterocycles. The third-order valence-corrected chi connectivity index (χ3v) is 5.78. The van der Waals surface area contributed by atoms with Crippen LogP contribution in [0.2, 0.25) is 0 Å². The van der Waals surface area contributed by atoms with Crippen LogP contribution in [-0.4, -0.2) is 39.6 Å². The second-order valence-electron chi connectivity index (χ2n) is 7.90. The number of aliphatic hydroxyl groups is 1. The Hall–Kier alpha value is -3.56. The van der Waals surface area contributed by atoms with Gasteiger partial charge in [-0.1, -0.05) is 30.3 Å². The van der Waals surface area contributed by atoms with Gasteiger partial charge in [0.2, 0.25) is 0 Å². The third-order valence-electron chi connectivity index (χ3n) is 5.78. The van der Waals surface area contributed by atoms with Crippen molar-refractivity contribution in [3.8, 4) is 11.1 Å². The van der Waals surface area contributed by atoms with Crippen molar-refractivity contribution in [3.05, 3.63) is 95.4 Å². The van der Waals surface area contributed by atoms with Crippen molar-refractivity contribution in [2.75, 3.05) is 13.1 Å². The molecule has 1 fully saturated rings. The van der Waals surface area contributed by atoms with Crippen LogP contribution in [0.4, 0.5) is 10.1 Å². The van der Waals surface area contributed by atoms with Gasteiger partial charge >= 0.3 is 0 Å². The molecule has 2 aromatic carbocycles. The van der Waals surface area contributed by atoms with Crippen molar-refractivity contribution >= 4 is 11.6 Å². The van der Waals surface area contributed by atoms with Gasteiger partial charge in [0, 0.05) is 31.9 Å². The van der Waals surface area contributed by atoms with Crippen molar-refractivity contribution in [1.82, 2.24) is 9.88 Å². The molecule has 6 heteroatoms. The van der Waals surface area contributed by atoms with E-state index in [0.717, 1.165) is 11.1 Å². The average molecular weight is 415 g/mol. The molecule has 3 aromatic rings. The number of carbonyl (C=O) groups excluding carboxylic acids is 1. The molecule has 1 aliphatic heterocycles. The Labute approximate surface area is 180 Å². The summed E-state index contributed by atoms with van der Waals surface area (Å²) in [5, 5.41) is 11.0. The monoisotopic (exact) mass is 415 g/mol. The maximum Gasteiger partial charge on any atom is 0.254 e. The van der Waals surface area contributed by atoms with Crippen LogP contribution in [0.15, 0.2) is 67.0 Å². The predicted molar refractivity (Wildman–Crippen MR) is 116 cm³/mol. The van der Waals surface area contributed by atoms with Crippen LogP contribution in [0.3, 0.4) is 0 Å². The summed E-state index contributed by atoms with van der Waals surface area (Å²) in [6.07, 6.45) is 4.61. The maximum absolute atomic E-state index is 14.0. The topological polar surface area (TPSA) is 57.8 Å². The molecule has 4 rings (SSSR count). The van der Waals surface area contributed by atoms with Crippen molar-refractivity contribution in [1.29, 1.82) is 0 Å². The number of nitrogens with zero attached hydrogens (tertiary/aromatic N) is 3. The van der Waals surface area contributed by atoms with E-state index in [-0.39, 0.29) is 5.91 Å². The number of carbonyl (C=O) groups is 1. The van der Waals surface area contributed by atoms with Crippen molar-refractivity contribution in [3.63, 3.8) is 0 Å². The van der Waals surface area contributed by atoms with E-state index in [2.05, 4.69) is 9.83 Å². The highest BCUT2D eigenvalue weighted by atomic mass is 19.1. The standard InChI is InChI=1S/C25H22FN3O2/c1-27-21-5-2-18(3-6-21)17-25(31)10-14-29(15-11-25)24(30)23-16-20(26)4-7-22(23)19-8-12-28-13-9-19/h2-9,12-13,16,31H,10-11,14-15,17H2. The second kappa shape index (κ2) is 8.66. The number of hydrogen-bond acceptors (Lipinski definition) is 3. The summed E-state index contributed by atoms with van der Waals surface area (Å²) in [4.78, 5) is 22.3. The van der Waals surface area contributed by atoms with E-state index in [1.165, 1.54) is 12.1 Å². The average Bonchev–Trinajstić information content (AvgIpc) is 2.80. The predicted octanol–water partition coefficient (Wildman–Crippen LogP) is 4.65. The Bertz CT molecular complexity index is 1120. The third kappa shape index (κ3) is 4.62. The molecule has 5 nitrogen and oxygen atoms in total. The number of aromatic nitrogens is 1. The molecular weight excluding hydrogens is 393 g/mol. The molecule has 1 amide bonds. The van der Waals surface area contributed by atoms with Gasteiger partial charge in [-0.05, 0) is 53.8 Å². The van der Waals surface area contributed by atoms with E-state index in [1.54, 1.807) is 47.6 Å². The van der Waals surface area contributed by atoms with Gasteiger partial charge in [0.05, 0.1) is 17.7 Å². The Morgan fingerprint density at radius 1 is 1.10 bits per heavy atom. The van der Waals surface area contributed by atoms with Gasteiger partial charge in [-0.3, -0.25) is 9.78 Å². The zero-order chi connectivity index (χ0) is 21.8. The van der Waals surface area contributed by atoms with Crippen LogP contribution >= 0.6 is 0 Å². The van der Waals surface area contributed by atoms with E-state index in [1.807, 2.05) is 12.1 Å². The fourth-order valence-corrected chi connectivity index (χ4v) is 4.02. The normalized spacial score (nSPS) is 15.3. The second-order valence-corrected chi connectivity index (χ2v) is 7.90. The molecular formula is C25H22FN3O2. The molecule has 1 aromatic heterocycles. The molecule has 0 aliphatic carbocycles. The summed E-state index contributed by atoms with van der Waals surface area (Å²) >= 11 is 0. The van der Waals surface area contributed by atoms with E-state index in [0.29, 0.717) is 49.2 Å². The first-order valence-corrected chi connectivity index (χ1v) is 10.2. The summed E-state index contributed by atoms with van der Waals surface area (Å²) in [6, 6.07) is 15.0. The molecule has 31 heavy (non-hydrogen) atoms. The Morgan fingerprint density at radius 2 is 1.77 bits per heavy atom. The molecule has 0 unspecified atom stereocenters. The summed E-state index contributed by atoms with van der Waals surface area (Å²) in [5.74, 6) is -0.702. The van der Waals surface area contributed by atoms with Crippen molar-refractivity contribution < 1.29 is 14.3 Å². The SMILES string of the molecule is [C-]#[N+]c1ccc(CC2(O)CCN(C(=O)c3cc(F)ccc3-c3ccncc3)CC2)cc1. The minimum Gasteiger partial charge on any atom is -0.389 e. The zero-order valence-corrected chi connectivity index (χ0v) is 17.0. The van der Waals surface area contributed by atoms with Crippen LogP contribution in [0.1, 0.15) is 28.8 Å². The molecule has 1 N–H and O–H groups in total. The summed E-state index contributed by atoms with van der Waals surface area (Å²) < 4.78 is 14.0. The Kier molecular flexibility index (Phi) is 5.79. The summed E-state index contributed by atoms with van der Waals surface area (Å²) in [7, 11) is 0. The van der Waals surface area contributed by atoms with Crippen LogP contribution in [0.25, 0.3) is 16.0 Å². The van der Waals surface area contributed by atoms with Gasteiger partial charge in [-0.2, -0.15) is 0 Å². The molecule has 1 saturated heterocycles. The lowest BCUT2D eigenvalue weighted by molar-refractivity contribution is -0.0162. The number of pyridine rings is 1. The van der Waals surface area contributed by atoms with E-state index >= 15 is 0 Å². The summed E-state index contributed by atoms with van der Waals surface area (Å²) in [6.45, 7) is 7.81. The Morgan fingerprint density at radius 3 is 2.42 bits per heavy atom. The lowest BCUT2D eigenvalue weighted by Crippen LogP contribution is -2.47. The highest BCUT2D eigenvalue weighted by Gasteiger charge is 2.34. The van der Waals surface area contributed by atoms with E-state index in [9.17, 15) is 14.3 Å². The smallest absolute Gasteiger partial charge is 0.254 e. The van der Waals surface area contributed by atoms with Crippen LogP contribution < -0.4 is 0 Å². The van der Waals surface area contributed by atoms with E-state index in [4.69, 9.17) is 6.57 Å². The fourth-order valence-electron chi connectivity index (χ4n) is 4.02. The van der Waals surface area contributed by atoms with Gasteiger partial charge in [-0.15, -0.1) is 0 Å². The minimum absolute atomic E-state index is 0.241. The number of hydrogen-bond donors (Lipinski definition) is 1. The first-order valence-electron chi connectivity index (χ1n) is 10.2. The van der Waals surface area contributed by atoms with Gasteiger partial charge < -0.3 is 10.0 Å². The lowest BCUT2D eigenvalue weighted by Gasteiger charge is -2.38. The number of piperidine rings is 1. The molecule has 0 saturated carbocycles. The molecule has 1 aliphatic rings. The molecule has 0 radical (unpaired) electrons. The number of halogens is 1. The lowest BCUT2D eigenvalue weighted by atomic mass is 9.85. The number of benzene rings is 2. The van der Waals surface area contributed by atoms with Gasteiger partial charge in [0.15, 0.2) is 5.69 Å². The first-order chi connectivity index (χ1) is 15.0. The van der Waals surface area contributed by atoms with E-state index < -0.39 is 11.4 Å². The highest BCUT2D eigenvalue weighted by molar-refractivity contribution is 6.01. The molecule has 156 valence electrons. The number of rotatable bonds is 4. The molecule has 0 bridgehead atoms. The van der Waals surface area contributed by atoms with Crippen LogP contribution in [0.5, 0.6) is 0 Å². The first kappa shape index (κ1) is 20.7. The largest absolute Gasteiger partial charge is 0.389 e. The van der Waals surface area contributed by atoms with Crippen LogP contribution in [-0.2, 0) is 6.42 Å². The van der Waals surface area contributed by atoms with Gasteiger partial charge in [0.25, 0.3) is 5.91 Å². The number of likely N-dealkylation sites (tertiary alicyclic amines) is 1. The zero-order valence-electron chi connectivity index (χ0n) is 17.0. The quantitative estimate of drug-likeness (QED) is 0.631.